The van der Waals surface area contributed by atoms with E-state index < -0.39 is 34.6 Å². The van der Waals surface area contributed by atoms with Crippen molar-refractivity contribution in [2.45, 2.75) is 19.1 Å². The molecule has 1 aromatic carbocycles. The summed E-state index contributed by atoms with van der Waals surface area (Å²) < 4.78 is 55.9. The summed E-state index contributed by atoms with van der Waals surface area (Å²) in [4.78, 5) is 33.0. The van der Waals surface area contributed by atoms with Gasteiger partial charge in [-0.3, -0.25) is 19.1 Å². The predicted octanol–water partition coefficient (Wildman–Crippen LogP) is 3.30. The normalized spacial score (nSPS) is 17.0. The van der Waals surface area contributed by atoms with E-state index in [9.17, 15) is 27.2 Å². The molecule has 1 saturated heterocycles. The van der Waals surface area contributed by atoms with Crippen LogP contribution in [0.4, 0.5) is 23.2 Å². The van der Waals surface area contributed by atoms with E-state index in [4.69, 9.17) is 5.73 Å². The third kappa shape index (κ3) is 4.76. The van der Waals surface area contributed by atoms with Crippen LogP contribution in [0.15, 0.2) is 53.6 Å². The first-order valence-electron chi connectivity index (χ1n) is 10.8. The number of amides is 1. The number of pyridine rings is 2. The number of piperazine rings is 1. The lowest BCUT2D eigenvalue weighted by Gasteiger charge is -2.39. The Balaban J connectivity index is 1.96. The van der Waals surface area contributed by atoms with Gasteiger partial charge in [0.25, 0.3) is 11.5 Å². The van der Waals surface area contributed by atoms with Crippen molar-refractivity contribution in [2.75, 3.05) is 31.6 Å². The number of hydrogen-bond donors (Lipinski definition) is 1. The number of halogens is 4. The van der Waals surface area contributed by atoms with Gasteiger partial charge in [-0.15, -0.1) is 0 Å². The zero-order valence-corrected chi connectivity index (χ0v) is 19.0. The first-order valence-corrected chi connectivity index (χ1v) is 10.8. The summed E-state index contributed by atoms with van der Waals surface area (Å²) >= 11 is 0. The van der Waals surface area contributed by atoms with Crippen molar-refractivity contribution in [1.82, 2.24) is 14.5 Å². The van der Waals surface area contributed by atoms with Gasteiger partial charge in [0.15, 0.2) is 0 Å². The van der Waals surface area contributed by atoms with Crippen molar-refractivity contribution in [3.05, 3.63) is 76.1 Å². The standard InChI is InChI=1S/C24H23F4N5O2/c1-14-12-32(9-8-31(14)2)19-6-5-15(22-18(25)4-3-7-30-22)10-20(19)33-13-16(23(29)35)17(11-21(33)34)24(26,27)28/h3-7,10-11,13-14H,8-9,12H2,1-2H3,(H2,29,35). The molecule has 1 fully saturated rings. The number of anilines is 1. The number of nitrogens with zero attached hydrogens (tertiary/aromatic N) is 4. The number of likely N-dealkylation sites (N-methyl/N-ethyl adjacent to an activating group) is 1. The molecule has 184 valence electrons. The van der Waals surface area contributed by atoms with Crippen LogP contribution in [0.3, 0.4) is 0 Å². The van der Waals surface area contributed by atoms with Crippen molar-refractivity contribution in [2.24, 2.45) is 5.73 Å². The van der Waals surface area contributed by atoms with E-state index in [2.05, 4.69) is 9.88 Å². The lowest BCUT2D eigenvalue weighted by atomic mass is 10.1. The van der Waals surface area contributed by atoms with Crippen LogP contribution in [0.5, 0.6) is 0 Å². The molecule has 3 aromatic rings. The fourth-order valence-corrected chi connectivity index (χ4v) is 4.15. The number of carbonyl (C=O) groups is 1. The molecule has 4 rings (SSSR count). The van der Waals surface area contributed by atoms with Gasteiger partial charge in [0.1, 0.15) is 11.5 Å². The van der Waals surface area contributed by atoms with Crippen molar-refractivity contribution < 1.29 is 22.4 Å². The highest BCUT2D eigenvalue weighted by molar-refractivity contribution is 5.94. The molecule has 1 amide bonds. The van der Waals surface area contributed by atoms with E-state index in [1.807, 2.05) is 18.9 Å². The van der Waals surface area contributed by atoms with Crippen molar-refractivity contribution in [3.8, 4) is 16.9 Å². The minimum Gasteiger partial charge on any atom is -0.367 e. The molecule has 1 atom stereocenters. The average Bonchev–Trinajstić information content (AvgIpc) is 2.80. The van der Waals surface area contributed by atoms with Crippen molar-refractivity contribution in [1.29, 1.82) is 0 Å². The second-order valence-electron chi connectivity index (χ2n) is 8.48. The molecule has 11 heteroatoms. The van der Waals surface area contributed by atoms with Crippen LogP contribution in [-0.2, 0) is 6.18 Å². The Labute approximate surface area is 198 Å². The SMILES string of the molecule is CC1CN(c2ccc(-c3ncccc3F)cc2-n2cc(C(N)=O)c(C(F)(F)F)cc2=O)CCN1C. The number of primary amides is 1. The van der Waals surface area contributed by atoms with E-state index in [1.165, 1.54) is 24.4 Å². The van der Waals surface area contributed by atoms with Crippen LogP contribution in [0, 0.1) is 5.82 Å². The van der Waals surface area contributed by atoms with Crippen LogP contribution in [0.25, 0.3) is 16.9 Å². The molecule has 1 aliphatic rings. The smallest absolute Gasteiger partial charge is 0.367 e. The van der Waals surface area contributed by atoms with E-state index in [0.717, 1.165) is 10.8 Å². The summed E-state index contributed by atoms with van der Waals surface area (Å²) in [5.41, 5.74) is 3.03. The molecular formula is C24H23F4N5O2. The van der Waals surface area contributed by atoms with Crippen LogP contribution >= 0.6 is 0 Å². The molecule has 1 aliphatic heterocycles. The second-order valence-corrected chi connectivity index (χ2v) is 8.48. The zero-order chi connectivity index (χ0) is 25.5. The van der Waals surface area contributed by atoms with Gasteiger partial charge in [-0.1, -0.05) is 6.07 Å². The highest BCUT2D eigenvalue weighted by Gasteiger charge is 2.36. The van der Waals surface area contributed by atoms with Crippen LogP contribution in [0.1, 0.15) is 22.8 Å². The summed E-state index contributed by atoms with van der Waals surface area (Å²) in [5, 5.41) is 0. The summed E-state index contributed by atoms with van der Waals surface area (Å²) in [6, 6.07) is 7.96. The maximum absolute atomic E-state index is 14.5. The van der Waals surface area contributed by atoms with Crippen molar-refractivity contribution in [3.63, 3.8) is 0 Å². The van der Waals surface area contributed by atoms with Gasteiger partial charge >= 0.3 is 6.18 Å². The summed E-state index contributed by atoms with van der Waals surface area (Å²) in [5.74, 6) is -1.93. The third-order valence-electron chi connectivity index (χ3n) is 6.19. The molecule has 0 aliphatic carbocycles. The molecule has 2 N–H and O–H groups in total. The number of aromatic nitrogens is 2. The Morgan fingerprint density at radius 2 is 1.89 bits per heavy atom. The Morgan fingerprint density at radius 3 is 2.51 bits per heavy atom. The lowest BCUT2D eigenvalue weighted by molar-refractivity contribution is -0.138. The van der Waals surface area contributed by atoms with E-state index in [1.54, 1.807) is 12.1 Å². The Kier molecular flexibility index (Phi) is 6.37. The van der Waals surface area contributed by atoms with Gasteiger partial charge < -0.3 is 15.5 Å². The van der Waals surface area contributed by atoms with Gasteiger partial charge in [0.2, 0.25) is 0 Å². The van der Waals surface area contributed by atoms with Crippen LogP contribution in [-0.4, -0.2) is 53.1 Å². The molecule has 0 bridgehead atoms. The van der Waals surface area contributed by atoms with Gasteiger partial charge in [-0.2, -0.15) is 13.2 Å². The Morgan fingerprint density at radius 1 is 1.14 bits per heavy atom. The van der Waals surface area contributed by atoms with Crippen LogP contribution in [0.2, 0.25) is 0 Å². The predicted molar refractivity (Wildman–Crippen MR) is 123 cm³/mol. The largest absolute Gasteiger partial charge is 0.417 e. The molecule has 1 unspecified atom stereocenters. The monoisotopic (exact) mass is 489 g/mol. The zero-order valence-electron chi connectivity index (χ0n) is 19.0. The van der Waals surface area contributed by atoms with Gasteiger partial charge in [0, 0.05) is 49.7 Å². The first kappa shape index (κ1) is 24.4. The fraction of sp³-hybridized carbons (Fsp3) is 0.292. The molecule has 7 nitrogen and oxygen atoms in total. The second kappa shape index (κ2) is 9.14. The van der Waals surface area contributed by atoms with Gasteiger partial charge in [-0.25, -0.2) is 4.39 Å². The molecule has 3 heterocycles. The maximum Gasteiger partial charge on any atom is 0.417 e. The minimum absolute atomic E-state index is 0.0159. The number of nitrogens with two attached hydrogens (primary N) is 1. The summed E-state index contributed by atoms with van der Waals surface area (Å²) in [6.07, 6.45) is -2.74. The minimum atomic E-state index is -4.95. The Bertz CT molecular complexity index is 1340. The third-order valence-corrected chi connectivity index (χ3v) is 6.19. The molecular weight excluding hydrogens is 466 g/mol. The van der Waals surface area contributed by atoms with E-state index >= 15 is 0 Å². The number of alkyl halides is 3. The maximum atomic E-state index is 14.5. The van der Waals surface area contributed by atoms with Crippen LogP contribution < -0.4 is 16.2 Å². The molecule has 35 heavy (non-hydrogen) atoms. The van der Waals surface area contributed by atoms with E-state index in [-0.39, 0.29) is 17.4 Å². The number of rotatable bonds is 4. The first-order chi connectivity index (χ1) is 16.5. The lowest BCUT2D eigenvalue weighted by Crippen LogP contribution is -2.50. The highest BCUT2D eigenvalue weighted by atomic mass is 19.4. The molecule has 2 aromatic heterocycles. The van der Waals surface area contributed by atoms with Gasteiger partial charge in [-0.05, 0) is 38.2 Å². The van der Waals surface area contributed by atoms with Gasteiger partial charge in [0.05, 0.1) is 22.5 Å². The number of hydrogen-bond acceptors (Lipinski definition) is 5. The average molecular weight is 489 g/mol. The summed E-state index contributed by atoms with van der Waals surface area (Å²) in [6.45, 7) is 3.91. The molecule has 0 radical (unpaired) electrons. The number of benzene rings is 1. The topological polar surface area (TPSA) is 84.5 Å². The molecule has 0 saturated carbocycles. The molecule has 0 spiro atoms. The van der Waals surface area contributed by atoms with Crippen molar-refractivity contribution >= 4 is 11.6 Å². The number of carbonyl (C=O) groups excluding carboxylic acids is 1. The Hall–Kier alpha value is -3.73. The van der Waals surface area contributed by atoms with E-state index in [0.29, 0.717) is 37.0 Å². The highest BCUT2D eigenvalue weighted by Crippen LogP contribution is 2.34. The quantitative estimate of drug-likeness (QED) is 0.569. The fourth-order valence-electron chi connectivity index (χ4n) is 4.15. The summed E-state index contributed by atoms with van der Waals surface area (Å²) in [7, 11) is 1.98.